The van der Waals surface area contributed by atoms with Gasteiger partial charge >= 0.3 is 5.97 Å². The van der Waals surface area contributed by atoms with Gasteiger partial charge in [0, 0.05) is 18.0 Å². The van der Waals surface area contributed by atoms with Gasteiger partial charge in [0.25, 0.3) is 0 Å². The molecule has 0 fully saturated rings. The van der Waals surface area contributed by atoms with Crippen molar-refractivity contribution in [2.75, 3.05) is 6.61 Å². The molecule has 0 aliphatic heterocycles. The first-order chi connectivity index (χ1) is 13.2. The molecule has 0 spiro atoms. The van der Waals surface area contributed by atoms with Gasteiger partial charge in [-0.25, -0.2) is 9.97 Å². The van der Waals surface area contributed by atoms with Crippen LogP contribution in [0.1, 0.15) is 75.5 Å². The van der Waals surface area contributed by atoms with Crippen molar-refractivity contribution in [3.05, 3.63) is 58.7 Å². The summed E-state index contributed by atoms with van der Waals surface area (Å²) < 4.78 is 4.91. The molecule has 0 atom stereocenters. The van der Waals surface area contributed by atoms with Crippen LogP contribution in [0.2, 0.25) is 0 Å². The average Bonchev–Trinajstić information content (AvgIpc) is 2.65. The van der Waals surface area contributed by atoms with E-state index in [9.17, 15) is 4.79 Å². The number of hydrogen-bond donors (Lipinski definition) is 0. The molecule has 0 radical (unpaired) electrons. The fourth-order valence-corrected chi connectivity index (χ4v) is 3.66. The monoisotopic (exact) mass is 376 g/mol. The van der Waals surface area contributed by atoms with Crippen LogP contribution in [-0.2, 0) is 26.8 Å². The summed E-state index contributed by atoms with van der Waals surface area (Å²) in [5.41, 5.74) is 4.93. The van der Waals surface area contributed by atoms with Gasteiger partial charge in [-0.3, -0.25) is 4.79 Å². The van der Waals surface area contributed by atoms with Crippen molar-refractivity contribution in [1.29, 1.82) is 0 Å². The lowest BCUT2D eigenvalue weighted by Crippen LogP contribution is -2.33. The Kier molecular flexibility index (Phi) is 5.56. The van der Waals surface area contributed by atoms with E-state index in [1.165, 1.54) is 24.0 Å². The second-order valence-corrected chi connectivity index (χ2v) is 8.65. The maximum atomic E-state index is 11.5. The lowest BCUT2D eigenvalue weighted by Gasteiger charge is -2.41. The van der Waals surface area contributed by atoms with Crippen molar-refractivity contribution in [2.24, 2.45) is 0 Å². The summed E-state index contributed by atoms with van der Waals surface area (Å²) in [6.45, 7) is 11.4. The molecular weight excluding hydrogens is 348 g/mol. The summed E-state index contributed by atoms with van der Waals surface area (Å²) in [5, 5.41) is 0. The normalized spacial score (nSPS) is 16.5. The van der Waals surface area contributed by atoms with Crippen LogP contribution in [0.15, 0.2) is 30.6 Å². The second kappa shape index (κ2) is 7.75. The molecule has 4 heteroatoms. The number of carbonyl (C=O) groups excluding carboxylic acids is 1. The number of benzene rings is 1. The van der Waals surface area contributed by atoms with Crippen LogP contribution in [0, 0.1) is 11.8 Å². The molecule has 1 heterocycles. The summed E-state index contributed by atoms with van der Waals surface area (Å²) in [6, 6.07) is 6.57. The number of ether oxygens (including phenoxy) is 1. The second-order valence-electron chi connectivity index (χ2n) is 8.65. The van der Waals surface area contributed by atoms with Gasteiger partial charge in [-0.2, -0.15) is 0 Å². The van der Waals surface area contributed by atoms with Gasteiger partial charge in [0.05, 0.1) is 12.2 Å². The van der Waals surface area contributed by atoms with E-state index >= 15 is 0 Å². The highest BCUT2D eigenvalue weighted by molar-refractivity contribution is 5.71. The quantitative estimate of drug-likeness (QED) is 0.591. The smallest absolute Gasteiger partial charge is 0.313 e. The van der Waals surface area contributed by atoms with E-state index in [2.05, 4.69) is 67.7 Å². The summed E-state index contributed by atoms with van der Waals surface area (Å²) in [7, 11) is 0. The standard InChI is InChI=1S/C24H28N2O2/c1-6-28-22(27)14-21-25-15-18(16-26-21)8-7-17-9-10-19-20(13-17)24(4,5)12-11-23(19,2)3/h9-10,13,15-16H,6,11-12,14H2,1-5H3. The number of aromatic nitrogens is 2. The summed E-state index contributed by atoms with van der Waals surface area (Å²) in [6.07, 6.45) is 5.77. The summed E-state index contributed by atoms with van der Waals surface area (Å²) in [5.74, 6) is 6.49. The Morgan fingerprint density at radius 1 is 1.00 bits per heavy atom. The van der Waals surface area contributed by atoms with Crippen LogP contribution in [0.4, 0.5) is 0 Å². The molecule has 2 aromatic rings. The minimum atomic E-state index is -0.319. The van der Waals surface area contributed by atoms with E-state index in [4.69, 9.17) is 4.74 Å². The molecule has 1 aliphatic carbocycles. The molecule has 0 N–H and O–H groups in total. The third-order valence-electron chi connectivity index (χ3n) is 5.52. The summed E-state index contributed by atoms with van der Waals surface area (Å²) >= 11 is 0. The number of esters is 1. The zero-order chi connectivity index (χ0) is 20.4. The van der Waals surface area contributed by atoms with Crippen LogP contribution in [0.25, 0.3) is 0 Å². The lowest BCUT2D eigenvalue weighted by atomic mass is 9.63. The Labute approximate surface area is 167 Å². The number of nitrogens with zero attached hydrogens (tertiary/aromatic N) is 2. The van der Waals surface area contributed by atoms with Crippen molar-refractivity contribution in [2.45, 2.75) is 64.7 Å². The van der Waals surface area contributed by atoms with Crippen molar-refractivity contribution < 1.29 is 9.53 Å². The van der Waals surface area contributed by atoms with E-state index < -0.39 is 0 Å². The first kappa shape index (κ1) is 20.1. The van der Waals surface area contributed by atoms with Crippen molar-refractivity contribution in [3.63, 3.8) is 0 Å². The largest absolute Gasteiger partial charge is 0.466 e. The van der Waals surface area contributed by atoms with Gasteiger partial charge in [0.15, 0.2) is 0 Å². The number of carbonyl (C=O) groups is 1. The minimum absolute atomic E-state index is 0.0806. The van der Waals surface area contributed by atoms with E-state index in [1.54, 1.807) is 19.3 Å². The number of fused-ring (bicyclic) bond motifs is 1. The molecule has 0 amide bonds. The Balaban J connectivity index is 1.80. The zero-order valence-corrected chi connectivity index (χ0v) is 17.4. The SMILES string of the molecule is CCOC(=O)Cc1ncc(C#Cc2ccc3c(c2)C(C)(C)CCC3(C)C)cn1. The minimum Gasteiger partial charge on any atom is -0.466 e. The van der Waals surface area contributed by atoms with Gasteiger partial charge in [0.1, 0.15) is 12.2 Å². The van der Waals surface area contributed by atoms with Crippen molar-refractivity contribution in [3.8, 4) is 11.8 Å². The molecule has 0 bridgehead atoms. The highest BCUT2D eigenvalue weighted by Gasteiger charge is 2.36. The molecule has 0 saturated carbocycles. The highest BCUT2D eigenvalue weighted by atomic mass is 16.5. The number of hydrogen-bond acceptors (Lipinski definition) is 4. The molecule has 3 rings (SSSR count). The van der Waals surface area contributed by atoms with Crippen molar-refractivity contribution in [1.82, 2.24) is 9.97 Å². The number of rotatable bonds is 3. The molecule has 0 saturated heterocycles. The predicted octanol–water partition coefficient (Wildman–Crippen LogP) is 4.33. The van der Waals surface area contributed by atoms with Crippen LogP contribution < -0.4 is 0 Å². The molecule has 1 aromatic carbocycles. The molecular formula is C24H28N2O2. The Morgan fingerprint density at radius 2 is 1.61 bits per heavy atom. The first-order valence-corrected chi connectivity index (χ1v) is 9.85. The molecule has 4 nitrogen and oxygen atoms in total. The topological polar surface area (TPSA) is 52.1 Å². The Hall–Kier alpha value is -2.67. The maximum absolute atomic E-state index is 11.5. The zero-order valence-electron chi connectivity index (χ0n) is 17.4. The van der Waals surface area contributed by atoms with E-state index in [1.807, 2.05) is 0 Å². The van der Waals surface area contributed by atoms with Crippen molar-refractivity contribution >= 4 is 5.97 Å². The fourth-order valence-electron chi connectivity index (χ4n) is 3.66. The van der Waals surface area contributed by atoms with E-state index in [0.29, 0.717) is 12.4 Å². The lowest BCUT2D eigenvalue weighted by molar-refractivity contribution is -0.142. The van der Waals surface area contributed by atoms with Gasteiger partial charge in [0.2, 0.25) is 0 Å². The predicted molar refractivity (Wildman–Crippen MR) is 110 cm³/mol. The molecule has 1 aromatic heterocycles. The van der Waals surface area contributed by atoms with E-state index in [-0.39, 0.29) is 23.2 Å². The maximum Gasteiger partial charge on any atom is 0.313 e. The van der Waals surface area contributed by atoms with E-state index in [0.717, 1.165) is 11.1 Å². The van der Waals surface area contributed by atoms with Crippen LogP contribution in [-0.4, -0.2) is 22.5 Å². The molecule has 1 aliphatic rings. The average molecular weight is 377 g/mol. The van der Waals surface area contributed by atoms with Crippen LogP contribution >= 0.6 is 0 Å². The van der Waals surface area contributed by atoms with Gasteiger partial charge in [-0.1, -0.05) is 45.6 Å². The summed E-state index contributed by atoms with van der Waals surface area (Å²) in [4.78, 5) is 19.9. The van der Waals surface area contributed by atoms with Crippen LogP contribution in [0.5, 0.6) is 0 Å². The van der Waals surface area contributed by atoms with Gasteiger partial charge in [-0.15, -0.1) is 0 Å². The Bertz CT molecular complexity index is 931. The molecule has 0 unspecified atom stereocenters. The molecule has 146 valence electrons. The third-order valence-corrected chi connectivity index (χ3v) is 5.52. The Morgan fingerprint density at radius 3 is 2.25 bits per heavy atom. The first-order valence-electron chi connectivity index (χ1n) is 9.85. The van der Waals surface area contributed by atoms with Gasteiger partial charge < -0.3 is 4.74 Å². The van der Waals surface area contributed by atoms with Gasteiger partial charge in [-0.05, 0) is 53.9 Å². The fraction of sp³-hybridized carbons (Fsp3) is 0.458. The highest BCUT2D eigenvalue weighted by Crippen LogP contribution is 2.45. The third kappa shape index (κ3) is 4.42. The molecule has 28 heavy (non-hydrogen) atoms. The van der Waals surface area contributed by atoms with Crippen LogP contribution in [0.3, 0.4) is 0 Å².